The summed E-state index contributed by atoms with van der Waals surface area (Å²) in [5.41, 5.74) is 0.769. The van der Waals surface area contributed by atoms with Crippen molar-refractivity contribution in [1.29, 1.82) is 0 Å². The van der Waals surface area contributed by atoms with Gasteiger partial charge in [0.15, 0.2) is 11.9 Å². The molecule has 2 fully saturated rings. The molecule has 142 valence electrons. The Balaban J connectivity index is 1.82. The fourth-order valence-corrected chi connectivity index (χ4v) is 5.29. The molecule has 0 radical (unpaired) electrons. The lowest BCUT2D eigenvalue weighted by molar-refractivity contribution is -0.129. The first-order valence-corrected chi connectivity index (χ1v) is 10.7. The molecule has 1 saturated carbocycles. The Hall–Kier alpha value is -1.73. The summed E-state index contributed by atoms with van der Waals surface area (Å²) < 4.78 is 32.7. The van der Waals surface area contributed by atoms with Crippen LogP contribution in [0.4, 0.5) is 0 Å². The molecule has 26 heavy (non-hydrogen) atoms. The number of piperidine rings is 1. The van der Waals surface area contributed by atoms with E-state index in [9.17, 15) is 18.0 Å². The van der Waals surface area contributed by atoms with E-state index in [0.717, 1.165) is 32.1 Å². The minimum absolute atomic E-state index is 0.0575. The van der Waals surface area contributed by atoms with Crippen LogP contribution in [0.25, 0.3) is 0 Å². The number of ketones is 1. The van der Waals surface area contributed by atoms with Crippen molar-refractivity contribution in [2.75, 3.05) is 13.1 Å². The van der Waals surface area contributed by atoms with Crippen LogP contribution >= 0.6 is 0 Å². The van der Waals surface area contributed by atoms with Gasteiger partial charge in [0.05, 0.1) is 10.5 Å². The second-order valence-corrected chi connectivity index (χ2v) is 8.96. The Morgan fingerprint density at radius 3 is 2.54 bits per heavy atom. The van der Waals surface area contributed by atoms with Gasteiger partial charge in [0.2, 0.25) is 10.0 Å². The average Bonchev–Trinajstić information content (AvgIpc) is 2.64. The molecule has 0 spiro atoms. The highest BCUT2D eigenvalue weighted by Gasteiger charge is 2.30. The predicted octanol–water partition coefficient (Wildman–Crippen LogP) is 2.84. The van der Waals surface area contributed by atoms with E-state index in [1.807, 2.05) is 0 Å². The van der Waals surface area contributed by atoms with E-state index in [-0.39, 0.29) is 16.2 Å². The first-order chi connectivity index (χ1) is 12.4. The molecule has 1 aliphatic carbocycles. The number of ether oxygens (including phenoxy) is 1. The highest BCUT2D eigenvalue weighted by atomic mass is 32.2. The van der Waals surface area contributed by atoms with E-state index in [0.29, 0.717) is 31.5 Å². The molecule has 0 N–H and O–H groups in total. The van der Waals surface area contributed by atoms with Crippen LogP contribution in [0.1, 0.15) is 60.9 Å². The monoisotopic (exact) mass is 379 g/mol. The molecule has 1 aliphatic heterocycles. The minimum Gasteiger partial charge on any atom is -0.451 e. The van der Waals surface area contributed by atoms with Gasteiger partial charge in [-0.05, 0) is 56.7 Å². The third-order valence-corrected chi connectivity index (χ3v) is 7.15. The SMILES string of the molecule is Cc1ccc(C(=O)O[C@@H]2CCCCC2=O)cc1S(=O)(=O)N1CCCCC1. The number of esters is 1. The lowest BCUT2D eigenvalue weighted by atomic mass is 9.96. The van der Waals surface area contributed by atoms with Gasteiger partial charge in [-0.2, -0.15) is 4.31 Å². The van der Waals surface area contributed by atoms with Crippen LogP contribution in [-0.2, 0) is 19.6 Å². The quantitative estimate of drug-likeness (QED) is 0.752. The molecule has 3 rings (SSSR count). The van der Waals surface area contributed by atoms with Crippen LogP contribution in [0.3, 0.4) is 0 Å². The zero-order valence-corrected chi connectivity index (χ0v) is 15.9. The minimum atomic E-state index is -3.63. The van der Waals surface area contributed by atoms with Crippen molar-refractivity contribution in [3.05, 3.63) is 29.3 Å². The number of carbonyl (C=O) groups is 2. The Morgan fingerprint density at radius 2 is 1.85 bits per heavy atom. The molecule has 6 nitrogen and oxygen atoms in total. The van der Waals surface area contributed by atoms with E-state index in [1.165, 1.54) is 10.4 Å². The molecular formula is C19H25NO5S. The molecule has 1 aromatic rings. The van der Waals surface area contributed by atoms with Gasteiger partial charge >= 0.3 is 5.97 Å². The van der Waals surface area contributed by atoms with E-state index >= 15 is 0 Å². The van der Waals surface area contributed by atoms with Gasteiger partial charge in [0.1, 0.15) is 0 Å². The number of hydrogen-bond donors (Lipinski definition) is 0. The number of hydrogen-bond acceptors (Lipinski definition) is 5. The number of Topliss-reactive ketones (excluding diaryl/α,β-unsaturated/α-hetero) is 1. The van der Waals surface area contributed by atoms with Crippen LogP contribution in [0, 0.1) is 6.92 Å². The van der Waals surface area contributed by atoms with E-state index in [4.69, 9.17) is 4.74 Å². The fourth-order valence-electron chi connectivity index (χ4n) is 3.52. The summed E-state index contributed by atoms with van der Waals surface area (Å²) >= 11 is 0. The lowest BCUT2D eigenvalue weighted by Gasteiger charge is -2.26. The maximum absolute atomic E-state index is 12.9. The van der Waals surface area contributed by atoms with Crippen LogP contribution in [-0.4, -0.2) is 43.7 Å². The van der Waals surface area contributed by atoms with Gasteiger partial charge in [-0.3, -0.25) is 4.79 Å². The number of aryl methyl sites for hydroxylation is 1. The van der Waals surface area contributed by atoms with Crippen molar-refractivity contribution >= 4 is 21.8 Å². The normalized spacial score (nSPS) is 22.2. The van der Waals surface area contributed by atoms with Crippen molar-refractivity contribution in [1.82, 2.24) is 4.31 Å². The lowest BCUT2D eigenvalue weighted by Crippen LogP contribution is -2.36. The summed E-state index contributed by atoms with van der Waals surface area (Å²) in [5, 5.41) is 0. The first-order valence-electron chi connectivity index (χ1n) is 9.24. The summed E-state index contributed by atoms with van der Waals surface area (Å²) in [6.07, 6.45) is 4.68. The molecule has 0 unspecified atom stereocenters. The second kappa shape index (κ2) is 7.88. The highest BCUT2D eigenvalue weighted by molar-refractivity contribution is 7.89. The molecule has 1 saturated heterocycles. The standard InChI is InChI=1S/C19H25NO5S/c1-14-9-10-15(19(22)25-17-8-4-3-7-16(17)21)13-18(14)26(23,24)20-11-5-2-6-12-20/h9-10,13,17H,2-8,11-12H2,1H3/t17-/m1/s1. The van der Waals surface area contributed by atoms with Crippen LogP contribution < -0.4 is 0 Å². The number of benzene rings is 1. The van der Waals surface area contributed by atoms with Gasteiger partial charge in [0, 0.05) is 19.5 Å². The van der Waals surface area contributed by atoms with E-state index < -0.39 is 22.1 Å². The molecular weight excluding hydrogens is 354 g/mol. The molecule has 1 atom stereocenters. The average molecular weight is 379 g/mol. The van der Waals surface area contributed by atoms with Gasteiger partial charge in [-0.1, -0.05) is 12.5 Å². The summed E-state index contributed by atoms with van der Waals surface area (Å²) in [6, 6.07) is 4.56. The zero-order valence-electron chi connectivity index (χ0n) is 15.1. The summed E-state index contributed by atoms with van der Waals surface area (Å²) in [4.78, 5) is 24.5. The highest BCUT2D eigenvalue weighted by Crippen LogP contribution is 2.25. The maximum Gasteiger partial charge on any atom is 0.338 e. The third kappa shape index (κ3) is 3.99. The van der Waals surface area contributed by atoms with Crippen molar-refractivity contribution in [2.45, 2.75) is 62.9 Å². The summed E-state index contributed by atoms with van der Waals surface area (Å²) in [5.74, 6) is -0.696. The molecule has 1 heterocycles. The topological polar surface area (TPSA) is 80.8 Å². The molecule has 0 aromatic heterocycles. The Kier molecular flexibility index (Phi) is 5.77. The molecule has 2 aliphatic rings. The van der Waals surface area contributed by atoms with Crippen LogP contribution in [0.5, 0.6) is 0 Å². The Bertz CT molecular complexity index is 796. The van der Waals surface area contributed by atoms with Crippen molar-refractivity contribution < 1.29 is 22.7 Å². The molecule has 7 heteroatoms. The largest absolute Gasteiger partial charge is 0.451 e. The summed E-state index contributed by atoms with van der Waals surface area (Å²) in [7, 11) is -3.63. The van der Waals surface area contributed by atoms with Gasteiger partial charge in [-0.15, -0.1) is 0 Å². The Morgan fingerprint density at radius 1 is 1.12 bits per heavy atom. The molecule has 0 amide bonds. The van der Waals surface area contributed by atoms with Crippen molar-refractivity contribution in [2.24, 2.45) is 0 Å². The predicted molar refractivity (Wildman–Crippen MR) is 96.5 cm³/mol. The van der Waals surface area contributed by atoms with Crippen molar-refractivity contribution in [3.8, 4) is 0 Å². The second-order valence-electron chi connectivity index (χ2n) is 7.05. The number of rotatable bonds is 4. The third-order valence-electron chi connectivity index (χ3n) is 5.10. The van der Waals surface area contributed by atoms with Gasteiger partial charge < -0.3 is 4.74 Å². The number of carbonyl (C=O) groups excluding carboxylic acids is 2. The number of nitrogens with zero attached hydrogens (tertiary/aromatic N) is 1. The van der Waals surface area contributed by atoms with E-state index in [2.05, 4.69) is 0 Å². The molecule has 1 aromatic carbocycles. The number of sulfonamides is 1. The van der Waals surface area contributed by atoms with Gasteiger partial charge in [-0.25, -0.2) is 13.2 Å². The fraction of sp³-hybridized carbons (Fsp3) is 0.579. The smallest absolute Gasteiger partial charge is 0.338 e. The van der Waals surface area contributed by atoms with E-state index in [1.54, 1.807) is 19.1 Å². The van der Waals surface area contributed by atoms with Crippen LogP contribution in [0.15, 0.2) is 23.1 Å². The molecule has 0 bridgehead atoms. The first kappa shape index (κ1) is 19.0. The van der Waals surface area contributed by atoms with Gasteiger partial charge in [0.25, 0.3) is 0 Å². The maximum atomic E-state index is 12.9. The van der Waals surface area contributed by atoms with Crippen LogP contribution in [0.2, 0.25) is 0 Å². The van der Waals surface area contributed by atoms with Crippen molar-refractivity contribution in [3.63, 3.8) is 0 Å². The Labute approximate surface area is 154 Å². The zero-order chi connectivity index (χ0) is 18.7. The summed E-state index contributed by atoms with van der Waals surface area (Å²) in [6.45, 7) is 2.73.